The maximum atomic E-state index is 2.31. The van der Waals surface area contributed by atoms with Crippen LogP contribution in [0.15, 0.2) is 99.6 Å². The number of rotatable bonds is 5. The summed E-state index contributed by atoms with van der Waals surface area (Å²) in [5.41, 5.74) is 1.43. The number of hydrogen-bond donors (Lipinski definition) is 0. The molecule has 3 aromatic rings. The zero-order valence-corrected chi connectivity index (χ0v) is 14.6. The van der Waals surface area contributed by atoms with E-state index in [2.05, 4.69) is 98.8 Å². The number of benzene rings is 3. The first kappa shape index (κ1) is 15.9. The van der Waals surface area contributed by atoms with Gasteiger partial charge in [-0.3, -0.25) is 0 Å². The minimum Gasteiger partial charge on any atom is -0.0648 e. The van der Waals surface area contributed by atoms with Crippen molar-refractivity contribution >= 4 is 10.9 Å². The van der Waals surface area contributed by atoms with Crippen LogP contribution in [0.1, 0.15) is 31.7 Å². The Morgan fingerprint density at radius 3 is 1.52 bits per heavy atom. The lowest BCUT2D eigenvalue weighted by Crippen LogP contribution is -2.05. The summed E-state index contributed by atoms with van der Waals surface area (Å²) in [5.74, 6) is 0.624. The van der Waals surface area contributed by atoms with E-state index in [1.54, 1.807) is 0 Å². The molecule has 0 N–H and O–H groups in total. The molecule has 1 unspecified atom stereocenters. The van der Waals surface area contributed by atoms with Crippen LogP contribution in [0.25, 0.3) is 0 Å². The van der Waals surface area contributed by atoms with Crippen LogP contribution in [-0.4, -0.2) is 0 Å². The molecule has 0 aliphatic heterocycles. The average molecular weight is 319 g/mol. The second-order valence-corrected chi connectivity index (χ2v) is 7.84. The summed E-state index contributed by atoms with van der Waals surface area (Å²) in [7, 11) is -0.0381. The third-order valence-corrected chi connectivity index (χ3v) is 6.49. The van der Waals surface area contributed by atoms with Crippen LogP contribution in [0, 0.1) is 0 Å². The highest BCUT2D eigenvalue weighted by Crippen LogP contribution is 2.32. The summed E-state index contributed by atoms with van der Waals surface area (Å²) in [6, 6.07) is 30.9. The highest BCUT2D eigenvalue weighted by Gasteiger charge is 2.28. The van der Waals surface area contributed by atoms with E-state index in [0.29, 0.717) is 5.92 Å². The number of hydrogen-bond acceptors (Lipinski definition) is 0. The fourth-order valence-corrected chi connectivity index (χ4v) is 4.77. The highest BCUT2D eigenvalue weighted by atomic mass is 32.2. The van der Waals surface area contributed by atoms with Crippen LogP contribution in [0.2, 0.25) is 0 Å². The van der Waals surface area contributed by atoms with Crippen LogP contribution in [-0.2, 0) is 10.9 Å². The molecule has 0 spiro atoms. The van der Waals surface area contributed by atoms with Gasteiger partial charge < -0.3 is 0 Å². The highest BCUT2D eigenvalue weighted by molar-refractivity contribution is 7.97. The molecule has 0 bridgehead atoms. The lowest BCUT2D eigenvalue weighted by Gasteiger charge is -2.11. The first-order chi connectivity index (χ1) is 11.3. The van der Waals surface area contributed by atoms with Crippen molar-refractivity contribution in [2.45, 2.75) is 40.9 Å². The maximum Gasteiger partial charge on any atom is 0.166 e. The summed E-state index contributed by atoms with van der Waals surface area (Å²) >= 11 is 0. The Balaban J connectivity index is 2.02. The van der Waals surface area contributed by atoms with Crippen LogP contribution in [0.4, 0.5) is 0 Å². The molecular weight excluding hydrogens is 296 g/mol. The van der Waals surface area contributed by atoms with Gasteiger partial charge in [-0.05, 0) is 54.3 Å². The molecule has 0 saturated heterocycles. The molecule has 0 aromatic heterocycles. The van der Waals surface area contributed by atoms with Crippen molar-refractivity contribution < 1.29 is 0 Å². The van der Waals surface area contributed by atoms with Crippen molar-refractivity contribution in [1.82, 2.24) is 0 Å². The van der Waals surface area contributed by atoms with Crippen molar-refractivity contribution in [3.8, 4) is 0 Å². The van der Waals surface area contributed by atoms with Gasteiger partial charge in [-0.25, -0.2) is 0 Å². The van der Waals surface area contributed by atoms with Gasteiger partial charge in [0.1, 0.15) is 0 Å². The van der Waals surface area contributed by atoms with E-state index < -0.39 is 0 Å². The molecular formula is C22H23S+. The molecule has 1 atom stereocenters. The van der Waals surface area contributed by atoms with E-state index in [-0.39, 0.29) is 10.9 Å². The Morgan fingerprint density at radius 2 is 1.09 bits per heavy atom. The minimum atomic E-state index is -0.0381. The molecule has 0 aliphatic carbocycles. The average Bonchev–Trinajstić information content (AvgIpc) is 2.64. The van der Waals surface area contributed by atoms with E-state index in [0.717, 1.165) is 0 Å². The van der Waals surface area contributed by atoms with Gasteiger partial charge in [-0.15, -0.1) is 0 Å². The van der Waals surface area contributed by atoms with E-state index in [9.17, 15) is 0 Å². The molecule has 23 heavy (non-hydrogen) atoms. The van der Waals surface area contributed by atoms with Gasteiger partial charge in [0, 0.05) is 0 Å². The second kappa shape index (κ2) is 7.52. The molecule has 0 amide bonds. The molecule has 0 fully saturated rings. The molecule has 0 nitrogen and oxygen atoms in total. The van der Waals surface area contributed by atoms with Crippen LogP contribution in [0.5, 0.6) is 0 Å². The molecule has 0 radical (unpaired) electrons. The van der Waals surface area contributed by atoms with Crippen LogP contribution >= 0.6 is 0 Å². The smallest absolute Gasteiger partial charge is 0.0648 e. The normalized spacial score (nSPS) is 12.3. The van der Waals surface area contributed by atoms with E-state index in [1.807, 2.05) is 0 Å². The third kappa shape index (κ3) is 3.68. The van der Waals surface area contributed by atoms with E-state index in [1.165, 1.54) is 26.7 Å². The summed E-state index contributed by atoms with van der Waals surface area (Å²) in [6.07, 6.45) is 1.18. The molecule has 0 saturated carbocycles. The maximum absolute atomic E-state index is 2.31. The van der Waals surface area contributed by atoms with Crippen LogP contribution < -0.4 is 0 Å². The lowest BCUT2D eigenvalue weighted by atomic mass is 9.99. The third-order valence-electron chi connectivity index (χ3n) is 4.26. The van der Waals surface area contributed by atoms with Gasteiger partial charge in [-0.2, -0.15) is 0 Å². The standard InChI is InChI=1S/C22H23S/c1-3-18(2)19-14-16-22(17-15-19)23(20-10-6-4-7-11-20)21-12-8-5-9-13-21/h4-18H,3H2,1-2H3/q+1. The van der Waals surface area contributed by atoms with E-state index >= 15 is 0 Å². The van der Waals surface area contributed by atoms with Crippen molar-refractivity contribution in [1.29, 1.82) is 0 Å². The van der Waals surface area contributed by atoms with E-state index in [4.69, 9.17) is 0 Å². The molecule has 116 valence electrons. The summed E-state index contributed by atoms with van der Waals surface area (Å²) in [6.45, 7) is 4.54. The van der Waals surface area contributed by atoms with Gasteiger partial charge in [-0.1, -0.05) is 62.4 Å². The summed E-state index contributed by atoms with van der Waals surface area (Å²) in [4.78, 5) is 4.12. The fraction of sp³-hybridized carbons (Fsp3) is 0.182. The Labute approximate surface area is 142 Å². The predicted molar refractivity (Wildman–Crippen MR) is 100 cm³/mol. The van der Waals surface area contributed by atoms with Crippen molar-refractivity contribution in [2.75, 3.05) is 0 Å². The summed E-state index contributed by atoms with van der Waals surface area (Å²) in [5, 5.41) is 0. The SMILES string of the molecule is CCC(C)c1ccc([S+](c2ccccc2)c2ccccc2)cc1. The zero-order valence-electron chi connectivity index (χ0n) is 13.8. The monoisotopic (exact) mass is 319 g/mol. The Hall–Kier alpha value is -1.99. The first-order valence-corrected chi connectivity index (χ1v) is 9.46. The van der Waals surface area contributed by atoms with Crippen molar-refractivity contribution in [3.63, 3.8) is 0 Å². The van der Waals surface area contributed by atoms with Gasteiger partial charge in [0.2, 0.25) is 0 Å². The predicted octanol–water partition coefficient (Wildman–Crippen LogP) is 6.30. The zero-order chi connectivity index (χ0) is 16.1. The topological polar surface area (TPSA) is 0 Å². The van der Waals surface area contributed by atoms with Gasteiger partial charge in [0.05, 0.1) is 10.9 Å². The van der Waals surface area contributed by atoms with Crippen molar-refractivity contribution in [2.24, 2.45) is 0 Å². The lowest BCUT2D eigenvalue weighted by molar-refractivity contribution is 0.733. The van der Waals surface area contributed by atoms with Gasteiger partial charge in [0.15, 0.2) is 14.7 Å². The minimum absolute atomic E-state index is 0.0381. The largest absolute Gasteiger partial charge is 0.166 e. The molecule has 3 rings (SSSR count). The molecule has 3 aromatic carbocycles. The Morgan fingerprint density at radius 1 is 0.652 bits per heavy atom. The fourth-order valence-electron chi connectivity index (χ4n) is 2.69. The van der Waals surface area contributed by atoms with Crippen molar-refractivity contribution in [3.05, 3.63) is 90.5 Å². The van der Waals surface area contributed by atoms with Gasteiger partial charge >= 0.3 is 0 Å². The first-order valence-electron chi connectivity index (χ1n) is 8.24. The quantitative estimate of drug-likeness (QED) is 0.484. The Bertz CT molecular complexity index is 677. The Kier molecular flexibility index (Phi) is 5.19. The molecule has 0 aliphatic rings. The van der Waals surface area contributed by atoms with Crippen LogP contribution in [0.3, 0.4) is 0 Å². The molecule has 1 heteroatoms. The molecule has 0 heterocycles. The second-order valence-electron chi connectivity index (χ2n) is 5.81. The summed E-state index contributed by atoms with van der Waals surface area (Å²) < 4.78 is 0. The van der Waals surface area contributed by atoms with Gasteiger partial charge in [0.25, 0.3) is 0 Å².